The second-order valence-corrected chi connectivity index (χ2v) is 4.98. The molecule has 1 fully saturated rings. The van der Waals surface area contributed by atoms with E-state index < -0.39 is 11.4 Å². The van der Waals surface area contributed by atoms with Crippen LogP contribution in [0.4, 0.5) is 5.69 Å². The minimum atomic E-state index is -0.550. The van der Waals surface area contributed by atoms with Crippen LogP contribution in [0, 0.1) is 0 Å². The zero-order valence-electron chi connectivity index (χ0n) is 10.4. The summed E-state index contributed by atoms with van der Waals surface area (Å²) in [7, 11) is 0. The summed E-state index contributed by atoms with van der Waals surface area (Å²) < 4.78 is 16.9. The average Bonchev–Trinajstić information content (AvgIpc) is 2.51. The lowest BCUT2D eigenvalue weighted by atomic mass is 10.1. The number of nitrogen functional groups attached to an aromatic ring is 1. The third kappa shape index (κ3) is 3.08. The molecule has 0 saturated carbocycles. The maximum absolute atomic E-state index is 5.79. The number of rotatable bonds is 3. The Labute approximate surface area is 101 Å². The van der Waals surface area contributed by atoms with E-state index in [4.69, 9.17) is 19.9 Å². The predicted octanol–water partition coefficient (Wildman–Crippen LogP) is 1.58. The van der Waals surface area contributed by atoms with Gasteiger partial charge in [0.25, 0.3) is 0 Å². The van der Waals surface area contributed by atoms with Crippen LogP contribution in [0.3, 0.4) is 0 Å². The van der Waals surface area contributed by atoms with Crippen molar-refractivity contribution in [1.82, 2.24) is 4.98 Å². The number of aromatic nitrogens is 1. The molecule has 1 saturated heterocycles. The molecule has 1 atom stereocenters. The normalized spacial score (nSPS) is 27.0. The van der Waals surface area contributed by atoms with Gasteiger partial charge in [-0.2, -0.15) is 0 Å². The summed E-state index contributed by atoms with van der Waals surface area (Å²) in [5.74, 6) is 0.0889. The molecule has 1 aromatic heterocycles. The molecule has 1 aliphatic heterocycles. The van der Waals surface area contributed by atoms with Gasteiger partial charge in [-0.15, -0.1) is 0 Å². The molecule has 5 nitrogen and oxygen atoms in total. The number of pyridine rings is 1. The van der Waals surface area contributed by atoms with E-state index in [0.717, 1.165) is 0 Å². The first-order chi connectivity index (χ1) is 7.89. The molecule has 2 N–H and O–H groups in total. The SMILES string of the molecule is CC1(C)OC[C@@](C)(COc2cncc(N)c2)O1. The van der Waals surface area contributed by atoms with E-state index in [-0.39, 0.29) is 0 Å². The number of ether oxygens (including phenoxy) is 3. The molecule has 0 aliphatic carbocycles. The molecular weight excluding hydrogens is 220 g/mol. The lowest BCUT2D eigenvalue weighted by molar-refractivity contribution is -0.162. The van der Waals surface area contributed by atoms with Crippen molar-refractivity contribution in [2.24, 2.45) is 0 Å². The van der Waals surface area contributed by atoms with E-state index in [9.17, 15) is 0 Å². The highest BCUT2D eigenvalue weighted by molar-refractivity contribution is 5.39. The van der Waals surface area contributed by atoms with Gasteiger partial charge < -0.3 is 19.9 Å². The number of hydrogen-bond donors (Lipinski definition) is 1. The summed E-state index contributed by atoms with van der Waals surface area (Å²) >= 11 is 0. The quantitative estimate of drug-likeness (QED) is 0.866. The van der Waals surface area contributed by atoms with Crippen molar-refractivity contribution in [2.75, 3.05) is 18.9 Å². The second-order valence-electron chi connectivity index (χ2n) is 4.98. The Morgan fingerprint density at radius 3 is 2.76 bits per heavy atom. The first-order valence-electron chi connectivity index (χ1n) is 5.56. The third-order valence-electron chi connectivity index (χ3n) is 2.50. The Bertz CT molecular complexity index is 408. The summed E-state index contributed by atoms with van der Waals surface area (Å²) in [4.78, 5) is 3.96. The van der Waals surface area contributed by atoms with Crippen LogP contribution < -0.4 is 10.5 Å². The Balaban J connectivity index is 1.95. The maximum Gasteiger partial charge on any atom is 0.163 e. The molecule has 2 heterocycles. The van der Waals surface area contributed by atoms with Gasteiger partial charge in [0.1, 0.15) is 18.0 Å². The highest BCUT2D eigenvalue weighted by Crippen LogP contribution is 2.31. The highest BCUT2D eigenvalue weighted by atomic mass is 16.8. The monoisotopic (exact) mass is 238 g/mol. The van der Waals surface area contributed by atoms with E-state index >= 15 is 0 Å². The standard InChI is InChI=1S/C12H18N2O3/c1-11(2)16-8-12(3,17-11)7-15-10-4-9(13)5-14-6-10/h4-6H,7-8,13H2,1-3H3/t12-/m1/s1. The third-order valence-corrected chi connectivity index (χ3v) is 2.50. The predicted molar refractivity (Wildman–Crippen MR) is 63.7 cm³/mol. The number of hydrogen-bond acceptors (Lipinski definition) is 5. The summed E-state index contributed by atoms with van der Waals surface area (Å²) in [5.41, 5.74) is 5.76. The van der Waals surface area contributed by atoms with Crippen molar-refractivity contribution >= 4 is 5.69 Å². The summed E-state index contributed by atoms with van der Waals surface area (Å²) in [6.07, 6.45) is 3.20. The number of anilines is 1. The van der Waals surface area contributed by atoms with Crippen LogP contribution in [0.2, 0.25) is 0 Å². The Kier molecular flexibility index (Phi) is 2.97. The molecule has 0 bridgehead atoms. The van der Waals surface area contributed by atoms with E-state index in [0.29, 0.717) is 24.7 Å². The number of nitrogens with zero attached hydrogens (tertiary/aromatic N) is 1. The van der Waals surface area contributed by atoms with Crippen LogP contribution in [0.5, 0.6) is 5.75 Å². The van der Waals surface area contributed by atoms with Gasteiger partial charge in [0.2, 0.25) is 0 Å². The van der Waals surface area contributed by atoms with Crippen molar-refractivity contribution in [2.45, 2.75) is 32.2 Å². The van der Waals surface area contributed by atoms with Crippen molar-refractivity contribution in [3.8, 4) is 5.75 Å². The van der Waals surface area contributed by atoms with Crippen LogP contribution >= 0.6 is 0 Å². The molecule has 94 valence electrons. The maximum atomic E-state index is 5.79. The van der Waals surface area contributed by atoms with Gasteiger partial charge in [0, 0.05) is 6.07 Å². The molecule has 0 radical (unpaired) electrons. The topological polar surface area (TPSA) is 66.6 Å². The van der Waals surface area contributed by atoms with Crippen LogP contribution in [0.1, 0.15) is 20.8 Å². The fraction of sp³-hybridized carbons (Fsp3) is 0.583. The molecule has 1 aliphatic rings. The number of nitrogens with two attached hydrogens (primary N) is 1. The summed E-state index contributed by atoms with van der Waals surface area (Å²) in [6.45, 7) is 6.65. The smallest absolute Gasteiger partial charge is 0.163 e. The minimum absolute atomic E-state index is 0.404. The van der Waals surface area contributed by atoms with Gasteiger partial charge in [0.05, 0.1) is 24.7 Å². The lowest BCUT2D eigenvalue weighted by Gasteiger charge is -2.25. The van der Waals surface area contributed by atoms with Gasteiger partial charge >= 0.3 is 0 Å². The Morgan fingerprint density at radius 1 is 1.41 bits per heavy atom. The fourth-order valence-corrected chi connectivity index (χ4v) is 1.80. The van der Waals surface area contributed by atoms with Crippen LogP contribution in [0.15, 0.2) is 18.5 Å². The summed E-state index contributed by atoms with van der Waals surface area (Å²) in [5, 5.41) is 0. The minimum Gasteiger partial charge on any atom is -0.489 e. The highest BCUT2D eigenvalue weighted by Gasteiger charge is 2.42. The molecule has 0 amide bonds. The molecule has 2 rings (SSSR count). The van der Waals surface area contributed by atoms with E-state index in [1.807, 2.05) is 20.8 Å². The molecule has 1 aromatic rings. The van der Waals surface area contributed by atoms with Crippen molar-refractivity contribution in [1.29, 1.82) is 0 Å². The second kappa shape index (κ2) is 4.16. The van der Waals surface area contributed by atoms with Crippen LogP contribution in [-0.2, 0) is 9.47 Å². The molecular formula is C12H18N2O3. The van der Waals surface area contributed by atoms with E-state index in [1.165, 1.54) is 0 Å². The van der Waals surface area contributed by atoms with Crippen molar-refractivity contribution in [3.63, 3.8) is 0 Å². The van der Waals surface area contributed by atoms with E-state index in [2.05, 4.69) is 4.98 Å². The first-order valence-corrected chi connectivity index (χ1v) is 5.56. The average molecular weight is 238 g/mol. The van der Waals surface area contributed by atoms with Gasteiger partial charge in [-0.25, -0.2) is 0 Å². The van der Waals surface area contributed by atoms with Crippen molar-refractivity contribution < 1.29 is 14.2 Å². The van der Waals surface area contributed by atoms with Crippen molar-refractivity contribution in [3.05, 3.63) is 18.5 Å². The molecule has 17 heavy (non-hydrogen) atoms. The van der Waals surface area contributed by atoms with Gasteiger partial charge in [-0.05, 0) is 20.8 Å². The van der Waals surface area contributed by atoms with Gasteiger partial charge in [0.15, 0.2) is 5.79 Å². The molecule has 5 heteroatoms. The van der Waals surface area contributed by atoms with E-state index in [1.54, 1.807) is 18.5 Å². The largest absolute Gasteiger partial charge is 0.489 e. The fourth-order valence-electron chi connectivity index (χ4n) is 1.80. The Morgan fingerprint density at radius 2 is 2.18 bits per heavy atom. The molecule has 0 aromatic carbocycles. The summed E-state index contributed by atoms with van der Waals surface area (Å²) in [6, 6.07) is 1.73. The molecule has 0 unspecified atom stereocenters. The molecule has 0 spiro atoms. The Hall–Kier alpha value is -1.33. The van der Waals surface area contributed by atoms with Gasteiger partial charge in [-0.3, -0.25) is 4.98 Å². The van der Waals surface area contributed by atoms with Crippen LogP contribution in [0.25, 0.3) is 0 Å². The first kappa shape index (κ1) is 12.1. The van der Waals surface area contributed by atoms with Crippen LogP contribution in [-0.4, -0.2) is 29.6 Å². The zero-order chi connectivity index (χ0) is 12.5. The van der Waals surface area contributed by atoms with Gasteiger partial charge in [-0.1, -0.05) is 0 Å². The zero-order valence-corrected chi connectivity index (χ0v) is 10.4. The lowest BCUT2D eigenvalue weighted by Crippen LogP contribution is -2.37.